The first-order chi connectivity index (χ1) is 26.9. The van der Waals surface area contributed by atoms with Gasteiger partial charge in [0.2, 0.25) is 15.2 Å². The zero-order chi connectivity index (χ0) is 37.8. The number of aromatic hydroxyl groups is 1. The number of aliphatic hydroxyl groups excluding tert-OH is 1. The van der Waals surface area contributed by atoms with Gasteiger partial charge in [0, 0.05) is 35.4 Å². The van der Waals surface area contributed by atoms with Crippen molar-refractivity contribution in [2.45, 2.75) is 47.6 Å². The molecule has 3 heterocycles. The molecular formula is C41H36N6O6S2. The van der Waals surface area contributed by atoms with Crippen molar-refractivity contribution in [2.75, 3.05) is 5.75 Å². The predicted molar refractivity (Wildman–Crippen MR) is 207 cm³/mol. The van der Waals surface area contributed by atoms with Crippen LogP contribution in [-0.4, -0.2) is 55.7 Å². The van der Waals surface area contributed by atoms with Crippen molar-refractivity contribution in [3.63, 3.8) is 0 Å². The van der Waals surface area contributed by atoms with Crippen LogP contribution in [0.15, 0.2) is 150 Å². The van der Waals surface area contributed by atoms with E-state index in [4.69, 9.17) is 9.47 Å². The Kier molecular flexibility index (Phi) is 10.7. The maximum Gasteiger partial charge on any atom is 0.243 e. The molecule has 4 unspecified atom stereocenters. The molecule has 5 aromatic carbocycles. The molecule has 1 fully saturated rings. The van der Waals surface area contributed by atoms with Gasteiger partial charge in [-0.05, 0) is 69.1 Å². The highest BCUT2D eigenvalue weighted by atomic mass is 32.2. The summed E-state index contributed by atoms with van der Waals surface area (Å²) in [5, 5.41) is 33.3. The third kappa shape index (κ3) is 8.01. The van der Waals surface area contributed by atoms with E-state index < -0.39 is 22.4 Å². The minimum atomic E-state index is -3.85. The Morgan fingerprint density at radius 2 is 1.49 bits per heavy atom. The maximum atomic E-state index is 13.4. The Balaban J connectivity index is 1.07. The first-order valence-electron chi connectivity index (χ1n) is 17.5. The molecule has 12 nitrogen and oxygen atoms in total. The predicted octanol–water partition coefficient (Wildman–Crippen LogP) is 6.62. The molecule has 3 N–H and O–H groups in total. The summed E-state index contributed by atoms with van der Waals surface area (Å²) in [5.41, 5.74) is 5.38. The lowest BCUT2D eigenvalue weighted by Crippen LogP contribution is -2.38. The van der Waals surface area contributed by atoms with E-state index in [0.29, 0.717) is 22.1 Å². The van der Waals surface area contributed by atoms with Gasteiger partial charge in [-0.15, -0.1) is 5.10 Å². The van der Waals surface area contributed by atoms with Crippen LogP contribution in [0.25, 0.3) is 16.6 Å². The Morgan fingerprint density at radius 1 is 0.764 bits per heavy atom. The van der Waals surface area contributed by atoms with Gasteiger partial charge in [0.15, 0.2) is 6.29 Å². The number of hydrogen-bond donors (Lipinski definition) is 3. The number of rotatable bonds is 12. The van der Waals surface area contributed by atoms with Crippen molar-refractivity contribution >= 4 is 32.7 Å². The number of tetrazole rings is 1. The number of benzene rings is 5. The molecule has 8 rings (SSSR count). The van der Waals surface area contributed by atoms with Crippen molar-refractivity contribution in [3.8, 4) is 11.4 Å². The van der Waals surface area contributed by atoms with Gasteiger partial charge in [-0.1, -0.05) is 109 Å². The summed E-state index contributed by atoms with van der Waals surface area (Å²) in [4.78, 5) is 4.43. The van der Waals surface area contributed by atoms with Gasteiger partial charge in [0.05, 0.1) is 30.0 Å². The lowest BCUT2D eigenvalue weighted by atomic mass is 9.84. The number of para-hydroxylation sites is 1. The van der Waals surface area contributed by atoms with Gasteiger partial charge >= 0.3 is 0 Å². The van der Waals surface area contributed by atoms with Gasteiger partial charge in [-0.25, -0.2) is 13.1 Å². The summed E-state index contributed by atoms with van der Waals surface area (Å²) in [6, 6.07) is 40.7. The first-order valence-corrected chi connectivity index (χ1v) is 20.0. The van der Waals surface area contributed by atoms with Gasteiger partial charge in [-0.3, -0.25) is 4.98 Å². The molecule has 0 amide bonds. The molecule has 0 aliphatic carbocycles. The molecule has 0 bridgehead atoms. The second-order valence-corrected chi connectivity index (χ2v) is 15.7. The number of pyridine rings is 1. The molecule has 278 valence electrons. The number of thioether (sulfide) groups is 1. The maximum absolute atomic E-state index is 13.4. The average molecular weight is 773 g/mol. The number of ether oxygens (including phenoxy) is 2. The van der Waals surface area contributed by atoms with Crippen LogP contribution in [0.1, 0.15) is 46.1 Å². The number of hydrogen-bond acceptors (Lipinski definition) is 11. The standard InChI is InChI=1S/C41H36N6O6S2/c48-25-28-13-15-31(16-14-28)39-37(29-6-2-1-3-7-29)35(26-54-41-44-45-46-47(41)33-19-21-34(49)22-20-33)52-40(53-39)32-17-11-27(12-18-32)24-43-55(50,51)36-10-4-8-30-9-5-23-42-38(30)36/h1-23,35,37,39-40,43,48-49H,24-26H2. The molecule has 1 aliphatic rings. The molecule has 2 aromatic heterocycles. The minimum Gasteiger partial charge on any atom is -0.508 e. The fourth-order valence-electron chi connectivity index (χ4n) is 6.67. The van der Waals surface area contributed by atoms with E-state index >= 15 is 0 Å². The highest BCUT2D eigenvalue weighted by Gasteiger charge is 2.42. The largest absolute Gasteiger partial charge is 0.508 e. The zero-order valence-electron chi connectivity index (χ0n) is 29.3. The van der Waals surface area contributed by atoms with E-state index in [1.54, 1.807) is 53.3 Å². The third-order valence-electron chi connectivity index (χ3n) is 9.49. The molecule has 0 spiro atoms. The molecule has 7 aromatic rings. The van der Waals surface area contributed by atoms with E-state index in [-0.39, 0.29) is 35.8 Å². The minimum absolute atomic E-state index is 0.0726. The average Bonchev–Trinajstić information content (AvgIpc) is 3.71. The highest BCUT2D eigenvalue weighted by molar-refractivity contribution is 7.99. The number of aromatic nitrogens is 5. The molecular weight excluding hydrogens is 737 g/mol. The first kappa shape index (κ1) is 36.5. The lowest BCUT2D eigenvalue weighted by Gasteiger charge is -2.43. The van der Waals surface area contributed by atoms with E-state index in [2.05, 4.69) is 37.4 Å². The van der Waals surface area contributed by atoms with Crippen molar-refractivity contribution in [3.05, 3.63) is 167 Å². The van der Waals surface area contributed by atoms with Crippen LogP contribution in [0.3, 0.4) is 0 Å². The second kappa shape index (κ2) is 16.1. The summed E-state index contributed by atoms with van der Waals surface area (Å²) in [7, 11) is -3.85. The van der Waals surface area contributed by atoms with Crippen molar-refractivity contribution in [1.82, 2.24) is 29.9 Å². The topological polar surface area (TPSA) is 162 Å². The number of phenols is 1. The number of sulfonamides is 1. The summed E-state index contributed by atoms with van der Waals surface area (Å²) < 4.78 is 44.7. The SMILES string of the molecule is O=S(=O)(NCc1ccc(C2OC(CSc3nnnn3-c3ccc(O)cc3)C(c3ccccc3)C(c3ccc(CO)cc3)O2)cc1)c1cccc2cccnc12. The highest BCUT2D eigenvalue weighted by Crippen LogP contribution is 2.48. The van der Waals surface area contributed by atoms with E-state index in [0.717, 1.165) is 33.2 Å². The van der Waals surface area contributed by atoms with Crippen LogP contribution in [0.5, 0.6) is 5.75 Å². The summed E-state index contributed by atoms with van der Waals surface area (Å²) >= 11 is 1.45. The number of phenolic OH excluding ortho intramolecular Hbond substituents is 1. The molecule has 55 heavy (non-hydrogen) atoms. The van der Waals surface area contributed by atoms with Crippen LogP contribution in [0, 0.1) is 0 Å². The fraction of sp³-hybridized carbons (Fsp3) is 0.171. The second-order valence-electron chi connectivity index (χ2n) is 13.0. The number of aliphatic hydroxyl groups is 1. The van der Waals surface area contributed by atoms with Crippen molar-refractivity contribution in [2.24, 2.45) is 0 Å². The van der Waals surface area contributed by atoms with E-state index in [1.165, 1.54) is 11.8 Å². The molecule has 0 radical (unpaired) electrons. The van der Waals surface area contributed by atoms with Crippen LogP contribution in [0.2, 0.25) is 0 Å². The van der Waals surface area contributed by atoms with Crippen molar-refractivity contribution in [1.29, 1.82) is 0 Å². The Hall–Kier alpha value is -5.48. The smallest absolute Gasteiger partial charge is 0.243 e. The van der Waals surface area contributed by atoms with Crippen molar-refractivity contribution < 1.29 is 28.1 Å². The fourth-order valence-corrected chi connectivity index (χ4v) is 8.83. The summed E-state index contributed by atoms with van der Waals surface area (Å²) in [6.45, 7) is -0.000847. The molecule has 0 saturated carbocycles. The normalized spacial score (nSPS) is 18.7. The number of nitrogens with one attached hydrogen (secondary N) is 1. The van der Waals surface area contributed by atoms with Gasteiger partial charge in [0.25, 0.3) is 0 Å². The van der Waals surface area contributed by atoms with Gasteiger partial charge in [0.1, 0.15) is 10.6 Å². The number of nitrogens with zero attached hydrogens (tertiary/aromatic N) is 5. The molecule has 1 saturated heterocycles. The summed E-state index contributed by atoms with van der Waals surface area (Å²) in [5.74, 6) is 0.371. The quantitative estimate of drug-likeness (QED) is 0.115. The molecule has 4 atom stereocenters. The Labute approximate surface area is 321 Å². The van der Waals surface area contributed by atoms with Gasteiger partial charge in [-0.2, -0.15) is 4.68 Å². The van der Waals surface area contributed by atoms with Crippen LogP contribution in [0.4, 0.5) is 0 Å². The molecule has 1 aliphatic heterocycles. The van der Waals surface area contributed by atoms with E-state index in [9.17, 15) is 18.6 Å². The van der Waals surface area contributed by atoms with Crippen LogP contribution >= 0.6 is 11.8 Å². The van der Waals surface area contributed by atoms with E-state index in [1.807, 2.05) is 78.9 Å². The monoisotopic (exact) mass is 772 g/mol. The third-order valence-corrected chi connectivity index (χ3v) is 11.9. The zero-order valence-corrected chi connectivity index (χ0v) is 30.9. The Bertz CT molecular complexity index is 2480. The molecule has 14 heteroatoms. The van der Waals surface area contributed by atoms with Crippen LogP contribution < -0.4 is 4.72 Å². The van der Waals surface area contributed by atoms with Gasteiger partial charge < -0.3 is 19.7 Å². The lowest BCUT2D eigenvalue weighted by molar-refractivity contribution is -0.255. The van der Waals surface area contributed by atoms with Crippen LogP contribution in [-0.2, 0) is 32.6 Å². The Morgan fingerprint density at radius 3 is 2.25 bits per heavy atom. The number of fused-ring (bicyclic) bond motifs is 1. The summed E-state index contributed by atoms with van der Waals surface area (Å²) in [6.07, 6.45) is -0.0160.